The van der Waals surface area contributed by atoms with Crippen LogP contribution in [0.3, 0.4) is 0 Å². The molecule has 0 aliphatic carbocycles. The number of nitrogens with one attached hydrogen (secondary N) is 1. The number of rotatable bonds is 5. The molecule has 0 bridgehead atoms. The first-order valence-electron chi connectivity index (χ1n) is 7.33. The molecule has 0 atom stereocenters. The Morgan fingerprint density at radius 3 is 2.62 bits per heavy atom. The highest BCUT2D eigenvalue weighted by Crippen LogP contribution is 2.30. The SMILES string of the molecule is CCNc1ccc([N+](=O)[O-])c(N2CCC(N(C)C)CC2)n1. The van der Waals surface area contributed by atoms with Gasteiger partial charge in [-0.1, -0.05) is 0 Å². The van der Waals surface area contributed by atoms with Crippen molar-refractivity contribution >= 4 is 17.3 Å². The van der Waals surface area contributed by atoms with Crippen LogP contribution in [0.25, 0.3) is 0 Å². The third kappa shape index (κ3) is 3.60. The van der Waals surface area contributed by atoms with Crippen LogP contribution in [0.15, 0.2) is 12.1 Å². The van der Waals surface area contributed by atoms with Gasteiger partial charge in [0.05, 0.1) is 4.92 Å². The van der Waals surface area contributed by atoms with E-state index in [2.05, 4.69) is 29.3 Å². The highest BCUT2D eigenvalue weighted by molar-refractivity contribution is 5.62. The standard InChI is InChI=1S/C14H23N5O2/c1-4-15-13-6-5-12(19(20)21)14(16-13)18-9-7-11(8-10-18)17(2)3/h5-6,11H,4,7-10H2,1-3H3,(H,15,16). The predicted octanol–water partition coefficient (Wildman–Crippen LogP) is 1.95. The molecule has 21 heavy (non-hydrogen) atoms. The Balaban J connectivity index is 2.21. The van der Waals surface area contributed by atoms with Crippen LogP contribution in [0.4, 0.5) is 17.3 Å². The third-order valence-electron chi connectivity index (χ3n) is 3.90. The number of nitrogens with zero attached hydrogens (tertiary/aromatic N) is 4. The number of pyridine rings is 1. The Hall–Kier alpha value is -1.89. The molecule has 0 saturated carbocycles. The molecule has 0 aromatic carbocycles. The number of aromatic nitrogens is 1. The molecule has 0 spiro atoms. The molecule has 1 aromatic rings. The highest BCUT2D eigenvalue weighted by Gasteiger charge is 2.27. The summed E-state index contributed by atoms with van der Waals surface area (Å²) in [4.78, 5) is 19.5. The molecule has 2 rings (SSSR count). The molecule has 0 radical (unpaired) electrons. The third-order valence-corrected chi connectivity index (χ3v) is 3.90. The lowest BCUT2D eigenvalue weighted by Crippen LogP contribution is -2.42. The molecule has 1 saturated heterocycles. The van der Waals surface area contributed by atoms with Crippen molar-refractivity contribution in [3.63, 3.8) is 0 Å². The fourth-order valence-corrected chi connectivity index (χ4v) is 2.69. The van der Waals surface area contributed by atoms with E-state index < -0.39 is 0 Å². The van der Waals surface area contributed by atoms with Gasteiger partial charge in [-0.25, -0.2) is 4.98 Å². The molecule has 2 heterocycles. The first-order valence-corrected chi connectivity index (χ1v) is 7.33. The normalized spacial score (nSPS) is 16.3. The molecule has 7 heteroatoms. The number of nitro groups is 1. The first-order chi connectivity index (χ1) is 10.0. The minimum atomic E-state index is -0.351. The summed E-state index contributed by atoms with van der Waals surface area (Å²) in [5.41, 5.74) is 0.0833. The second-order valence-electron chi connectivity index (χ2n) is 5.51. The molecule has 0 unspecified atom stereocenters. The van der Waals surface area contributed by atoms with E-state index >= 15 is 0 Å². The molecule has 116 valence electrons. The zero-order valence-electron chi connectivity index (χ0n) is 12.9. The van der Waals surface area contributed by atoms with Gasteiger partial charge in [-0.05, 0) is 39.9 Å². The fourth-order valence-electron chi connectivity index (χ4n) is 2.69. The second kappa shape index (κ2) is 6.71. The molecular formula is C14H23N5O2. The van der Waals surface area contributed by atoms with Crippen LogP contribution >= 0.6 is 0 Å². The highest BCUT2D eigenvalue weighted by atomic mass is 16.6. The van der Waals surface area contributed by atoms with Crippen molar-refractivity contribution in [2.45, 2.75) is 25.8 Å². The van der Waals surface area contributed by atoms with Gasteiger partial charge in [-0.2, -0.15) is 0 Å². The fraction of sp³-hybridized carbons (Fsp3) is 0.643. The molecular weight excluding hydrogens is 270 g/mol. The van der Waals surface area contributed by atoms with Crippen LogP contribution in [-0.4, -0.2) is 54.6 Å². The molecule has 1 aliphatic heterocycles. The molecule has 1 fully saturated rings. The summed E-state index contributed by atoms with van der Waals surface area (Å²) in [6.45, 7) is 4.32. The lowest BCUT2D eigenvalue weighted by atomic mass is 10.0. The summed E-state index contributed by atoms with van der Waals surface area (Å²) in [6, 6.07) is 3.74. The van der Waals surface area contributed by atoms with Crippen molar-refractivity contribution in [1.82, 2.24) is 9.88 Å². The number of hydrogen-bond acceptors (Lipinski definition) is 6. The second-order valence-corrected chi connectivity index (χ2v) is 5.51. The van der Waals surface area contributed by atoms with Crippen LogP contribution in [0, 0.1) is 10.1 Å². The largest absolute Gasteiger partial charge is 0.370 e. The summed E-state index contributed by atoms with van der Waals surface area (Å²) >= 11 is 0. The van der Waals surface area contributed by atoms with Crippen molar-refractivity contribution in [2.24, 2.45) is 0 Å². The van der Waals surface area contributed by atoms with Gasteiger partial charge in [0.15, 0.2) is 0 Å². The zero-order valence-corrected chi connectivity index (χ0v) is 12.9. The van der Waals surface area contributed by atoms with Crippen LogP contribution in [0.1, 0.15) is 19.8 Å². The Kier molecular flexibility index (Phi) is 4.95. The molecule has 1 aromatic heterocycles. The van der Waals surface area contributed by atoms with E-state index in [1.165, 1.54) is 0 Å². The van der Waals surface area contributed by atoms with Crippen LogP contribution in [-0.2, 0) is 0 Å². The van der Waals surface area contributed by atoms with Gasteiger partial charge in [-0.15, -0.1) is 0 Å². The van der Waals surface area contributed by atoms with Crippen LogP contribution in [0.2, 0.25) is 0 Å². The monoisotopic (exact) mass is 293 g/mol. The van der Waals surface area contributed by atoms with E-state index in [1.807, 2.05) is 11.8 Å². The van der Waals surface area contributed by atoms with Crippen molar-refractivity contribution in [2.75, 3.05) is 43.9 Å². The van der Waals surface area contributed by atoms with Gasteiger partial charge >= 0.3 is 5.69 Å². The van der Waals surface area contributed by atoms with Crippen LogP contribution in [0.5, 0.6) is 0 Å². The lowest BCUT2D eigenvalue weighted by Gasteiger charge is -2.35. The van der Waals surface area contributed by atoms with Gasteiger partial charge in [0.2, 0.25) is 5.82 Å². The van der Waals surface area contributed by atoms with Crippen molar-refractivity contribution in [1.29, 1.82) is 0 Å². The topological polar surface area (TPSA) is 74.5 Å². The predicted molar refractivity (Wildman–Crippen MR) is 84.0 cm³/mol. The minimum Gasteiger partial charge on any atom is -0.370 e. The lowest BCUT2D eigenvalue weighted by molar-refractivity contribution is -0.384. The van der Waals surface area contributed by atoms with Crippen molar-refractivity contribution < 1.29 is 4.92 Å². The van der Waals surface area contributed by atoms with Crippen molar-refractivity contribution in [3.8, 4) is 0 Å². The molecule has 1 aliphatic rings. The van der Waals surface area contributed by atoms with E-state index in [1.54, 1.807) is 12.1 Å². The summed E-state index contributed by atoms with van der Waals surface area (Å²) < 4.78 is 0. The maximum atomic E-state index is 11.2. The van der Waals surface area contributed by atoms with Crippen molar-refractivity contribution in [3.05, 3.63) is 22.2 Å². The maximum Gasteiger partial charge on any atom is 0.311 e. The summed E-state index contributed by atoms with van der Waals surface area (Å²) in [6.07, 6.45) is 1.99. The van der Waals surface area contributed by atoms with Crippen LogP contribution < -0.4 is 10.2 Å². The Labute approximate surface area is 125 Å². The van der Waals surface area contributed by atoms with E-state index in [4.69, 9.17) is 0 Å². The van der Waals surface area contributed by atoms with E-state index in [-0.39, 0.29) is 10.6 Å². The maximum absolute atomic E-state index is 11.2. The first kappa shape index (κ1) is 15.5. The van der Waals surface area contributed by atoms with E-state index in [0.29, 0.717) is 17.7 Å². The summed E-state index contributed by atoms with van der Waals surface area (Å²) in [7, 11) is 4.15. The Morgan fingerprint density at radius 1 is 1.43 bits per heavy atom. The number of anilines is 2. The summed E-state index contributed by atoms with van der Waals surface area (Å²) in [5, 5.41) is 14.3. The average molecular weight is 293 g/mol. The Morgan fingerprint density at radius 2 is 2.10 bits per heavy atom. The van der Waals surface area contributed by atoms with Gasteiger partial charge in [0.25, 0.3) is 0 Å². The smallest absolute Gasteiger partial charge is 0.311 e. The molecule has 1 N–H and O–H groups in total. The average Bonchev–Trinajstić information content (AvgIpc) is 2.47. The minimum absolute atomic E-state index is 0.0833. The molecule has 0 amide bonds. The van der Waals surface area contributed by atoms with E-state index in [9.17, 15) is 10.1 Å². The zero-order chi connectivity index (χ0) is 15.4. The Bertz CT molecular complexity index is 498. The summed E-state index contributed by atoms with van der Waals surface area (Å²) in [5.74, 6) is 1.17. The van der Waals surface area contributed by atoms with Gasteiger partial charge < -0.3 is 15.1 Å². The van der Waals surface area contributed by atoms with E-state index in [0.717, 1.165) is 32.5 Å². The quantitative estimate of drug-likeness (QED) is 0.660. The van der Waals surface area contributed by atoms with Gasteiger partial charge in [-0.3, -0.25) is 10.1 Å². The number of piperidine rings is 1. The van der Waals surface area contributed by atoms with Gasteiger partial charge in [0.1, 0.15) is 5.82 Å². The molecule has 7 nitrogen and oxygen atoms in total. The van der Waals surface area contributed by atoms with Gasteiger partial charge in [0, 0.05) is 31.7 Å². The number of hydrogen-bond donors (Lipinski definition) is 1.